The molecule has 1 rings (SSSR count). The lowest BCUT2D eigenvalue weighted by atomic mass is 10.1. The Morgan fingerprint density at radius 1 is 1.29 bits per heavy atom. The lowest BCUT2D eigenvalue weighted by molar-refractivity contribution is 0.0523. The molecular formula is C17H28N2O2. The minimum absolute atomic E-state index is 0.178. The molecule has 4 heteroatoms. The van der Waals surface area contributed by atoms with E-state index in [9.17, 15) is 4.79 Å². The summed E-state index contributed by atoms with van der Waals surface area (Å²) in [7, 11) is 0. The number of aryl methyl sites for hydroxylation is 2. The molecule has 1 atom stereocenters. The molecule has 1 aromatic rings. The molecule has 0 bridgehead atoms. The Bertz CT molecular complexity index is 478. The molecule has 0 saturated heterocycles. The maximum atomic E-state index is 11.6. The van der Waals surface area contributed by atoms with Gasteiger partial charge in [0.25, 0.3) is 0 Å². The molecule has 21 heavy (non-hydrogen) atoms. The number of hydrogen-bond acceptors (Lipinski definition) is 3. The number of hydrogen-bond donors (Lipinski definition) is 2. The van der Waals surface area contributed by atoms with Gasteiger partial charge in [0.2, 0.25) is 0 Å². The minimum Gasteiger partial charge on any atom is -0.444 e. The van der Waals surface area contributed by atoms with E-state index in [2.05, 4.69) is 42.7 Å². The summed E-state index contributed by atoms with van der Waals surface area (Å²) >= 11 is 0. The number of alkyl carbamates (subject to hydrolysis) is 1. The van der Waals surface area contributed by atoms with Crippen LogP contribution in [0.2, 0.25) is 0 Å². The van der Waals surface area contributed by atoms with Gasteiger partial charge in [0.1, 0.15) is 5.60 Å². The topological polar surface area (TPSA) is 50.4 Å². The first-order valence-electron chi connectivity index (χ1n) is 7.44. The molecule has 0 aliphatic carbocycles. The molecule has 1 aromatic carbocycles. The van der Waals surface area contributed by atoms with E-state index in [0.29, 0.717) is 6.54 Å². The maximum absolute atomic E-state index is 11.6. The van der Waals surface area contributed by atoms with Crippen molar-refractivity contribution < 1.29 is 9.53 Å². The van der Waals surface area contributed by atoms with Crippen LogP contribution in [0.3, 0.4) is 0 Å². The zero-order valence-corrected chi connectivity index (χ0v) is 14.0. The highest BCUT2D eigenvalue weighted by atomic mass is 16.6. The van der Waals surface area contributed by atoms with E-state index in [-0.39, 0.29) is 12.1 Å². The smallest absolute Gasteiger partial charge is 0.407 e. The Kier molecular flexibility index (Phi) is 6.21. The van der Waals surface area contributed by atoms with Crippen molar-refractivity contribution in [3.05, 3.63) is 34.9 Å². The van der Waals surface area contributed by atoms with Gasteiger partial charge in [-0.25, -0.2) is 4.79 Å². The summed E-state index contributed by atoms with van der Waals surface area (Å²) in [6, 6.07) is 6.62. The lowest BCUT2D eigenvalue weighted by Gasteiger charge is -2.21. The van der Waals surface area contributed by atoms with E-state index in [0.717, 1.165) is 6.54 Å². The largest absolute Gasteiger partial charge is 0.444 e. The van der Waals surface area contributed by atoms with E-state index in [1.807, 2.05) is 27.7 Å². The van der Waals surface area contributed by atoms with Crippen LogP contribution in [0.5, 0.6) is 0 Å². The normalized spacial score (nSPS) is 12.9. The number of benzene rings is 1. The molecule has 1 unspecified atom stereocenters. The fourth-order valence-electron chi connectivity index (χ4n) is 1.90. The van der Waals surface area contributed by atoms with Crippen molar-refractivity contribution in [2.45, 2.75) is 59.7 Å². The van der Waals surface area contributed by atoms with Crippen LogP contribution in [-0.4, -0.2) is 24.3 Å². The first-order valence-corrected chi connectivity index (χ1v) is 7.44. The van der Waals surface area contributed by atoms with Crippen LogP contribution in [0.25, 0.3) is 0 Å². The summed E-state index contributed by atoms with van der Waals surface area (Å²) < 4.78 is 5.21. The summed E-state index contributed by atoms with van der Waals surface area (Å²) in [6.07, 6.45) is -0.372. The SMILES string of the molecule is Cc1ccc(C)c(CNC(C)CNC(=O)OC(C)(C)C)c1. The van der Waals surface area contributed by atoms with Crippen LogP contribution in [0.1, 0.15) is 44.4 Å². The van der Waals surface area contributed by atoms with E-state index >= 15 is 0 Å². The molecule has 1 amide bonds. The quantitative estimate of drug-likeness (QED) is 0.875. The summed E-state index contributed by atoms with van der Waals surface area (Å²) in [4.78, 5) is 11.6. The highest BCUT2D eigenvalue weighted by molar-refractivity contribution is 5.67. The van der Waals surface area contributed by atoms with Crippen molar-refractivity contribution in [1.29, 1.82) is 0 Å². The number of nitrogens with one attached hydrogen (secondary N) is 2. The molecule has 0 heterocycles. The Balaban J connectivity index is 2.36. The molecule has 4 nitrogen and oxygen atoms in total. The minimum atomic E-state index is -0.459. The standard InChI is InChI=1S/C17H28N2O2/c1-12-7-8-13(2)15(9-12)11-18-14(3)10-19-16(20)21-17(4,5)6/h7-9,14,18H,10-11H2,1-6H3,(H,19,20). The van der Waals surface area contributed by atoms with Gasteiger partial charge in [0, 0.05) is 19.1 Å². The molecule has 118 valence electrons. The zero-order chi connectivity index (χ0) is 16.0. The van der Waals surface area contributed by atoms with Crippen LogP contribution in [0, 0.1) is 13.8 Å². The molecule has 0 saturated carbocycles. The monoisotopic (exact) mass is 292 g/mol. The van der Waals surface area contributed by atoms with Crippen molar-refractivity contribution in [1.82, 2.24) is 10.6 Å². The summed E-state index contributed by atoms with van der Waals surface area (Å²) in [6.45, 7) is 13.2. The van der Waals surface area contributed by atoms with E-state index in [1.54, 1.807) is 0 Å². The average Bonchev–Trinajstić information content (AvgIpc) is 2.35. The van der Waals surface area contributed by atoms with Crippen LogP contribution in [-0.2, 0) is 11.3 Å². The second-order valence-electron chi connectivity index (χ2n) is 6.59. The van der Waals surface area contributed by atoms with Crippen LogP contribution >= 0.6 is 0 Å². The first kappa shape index (κ1) is 17.5. The van der Waals surface area contributed by atoms with Gasteiger partial charge in [0.05, 0.1) is 0 Å². The fraction of sp³-hybridized carbons (Fsp3) is 0.588. The van der Waals surface area contributed by atoms with Gasteiger partial charge < -0.3 is 15.4 Å². The van der Waals surface area contributed by atoms with E-state index < -0.39 is 5.60 Å². The van der Waals surface area contributed by atoms with Crippen molar-refractivity contribution in [3.63, 3.8) is 0 Å². The molecular weight excluding hydrogens is 264 g/mol. The summed E-state index contributed by atoms with van der Waals surface area (Å²) in [5.41, 5.74) is 3.37. The Morgan fingerprint density at radius 2 is 1.95 bits per heavy atom. The predicted molar refractivity (Wildman–Crippen MR) is 86.5 cm³/mol. The average molecular weight is 292 g/mol. The molecule has 0 fully saturated rings. The Morgan fingerprint density at radius 3 is 2.57 bits per heavy atom. The third kappa shape index (κ3) is 7.14. The number of rotatable bonds is 5. The number of carbonyl (C=O) groups excluding carboxylic acids is 1. The van der Waals surface area contributed by atoms with E-state index in [1.165, 1.54) is 16.7 Å². The summed E-state index contributed by atoms with van der Waals surface area (Å²) in [5.74, 6) is 0. The second kappa shape index (κ2) is 7.46. The molecule has 0 aromatic heterocycles. The van der Waals surface area contributed by atoms with Crippen LogP contribution < -0.4 is 10.6 Å². The number of amides is 1. The van der Waals surface area contributed by atoms with Crippen molar-refractivity contribution >= 4 is 6.09 Å². The third-order valence-corrected chi connectivity index (χ3v) is 3.10. The zero-order valence-electron chi connectivity index (χ0n) is 14.0. The molecule has 0 radical (unpaired) electrons. The van der Waals surface area contributed by atoms with Crippen molar-refractivity contribution in [2.75, 3.05) is 6.54 Å². The van der Waals surface area contributed by atoms with Crippen LogP contribution in [0.15, 0.2) is 18.2 Å². The fourth-order valence-corrected chi connectivity index (χ4v) is 1.90. The number of ether oxygens (including phenoxy) is 1. The maximum Gasteiger partial charge on any atom is 0.407 e. The van der Waals surface area contributed by atoms with E-state index in [4.69, 9.17) is 4.74 Å². The van der Waals surface area contributed by atoms with Crippen LogP contribution in [0.4, 0.5) is 4.79 Å². The molecule has 0 aliphatic heterocycles. The number of carbonyl (C=O) groups is 1. The van der Waals surface area contributed by atoms with Gasteiger partial charge in [-0.3, -0.25) is 0 Å². The van der Waals surface area contributed by atoms with Crippen molar-refractivity contribution in [2.24, 2.45) is 0 Å². The highest BCUT2D eigenvalue weighted by Gasteiger charge is 2.16. The van der Waals surface area contributed by atoms with Crippen molar-refractivity contribution in [3.8, 4) is 0 Å². The van der Waals surface area contributed by atoms with Gasteiger partial charge in [-0.1, -0.05) is 23.8 Å². The molecule has 0 spiro atoms. The summed E-state index contributed by atoms with van der Waals surface area (Å²) in [5, 5.41) is 6.19. The third-order valence-electron chi connectivity index (χ3n) is 3.10. The lowest BCUT2D eigenvalue weighted by Crippen LogP contribution is -2.41. The van der Waals surface area contributed by atoms with Gasteiger partial charge in [-0.15, -0.1) is 0 Å². The Labute approximate surface area is 128 Å². The molecule has 2 N–H and O–H groups in total. The van der Waals surface area contributed by atoms with Gasteiger partial charge in [-0.05, 0) is 52.7 Å². The second-order valence-corrected chi connectivity index (χ2v) is 6.59. The van der Waals surface area contributed by atoms with Gasteiger partial charge in [0.15, 0.2) is 0 Å². The van der Waals surface area contributed by atoms with Gasteiger partial charge >= 0.3 is 6.09 Å². The highest BCUT2D eigenvalue weighted by Crippen LogP contribution is 2.10. The first-order chi connectivity index (χ1) is 9.67. The predicted octanol–water partition coefficient (Wildman–Crippen LogP) is 3.31. The Hall–Kier alpha value is -1.55. The molecule has 0 aliphatic rings. The van der Waals surface area contributed by atoms with Gasteiger partial charge in [-0.2, -0.15) is 0 Å².